The number of nitrogens with zero attached hydrogens (tertiary/aromatic N) is 2. The number of hydrogen-bond acceptors (Lipinski definition) is 8. The van der Waals surface area contributed by atoms with Gasteiger partial charge in [0.05, 0.1) is 6.61 Å². The first-order valence-corrected chi connectivity index (χ1v) is 18.4. The van der Waals surface area contributed by atoms with Gasteiger partial charge in [0.25, 0.3) is 0 Å². The zero-order valence-corrected chi connectivity index (χ0v) is 30.1. The number of carbonyl (C=O) groups is 3. The van der Waals surface area contributed by atoms with E-state index in [1.807, 2.05) is 20.8 Å². The molecule has 10 nitrogen and oxygen atoms in total. The molecule has 2 aliphatic rings. The second-order valence-corrected chi connectivity index (χ2v) is 18.6. The Labute approximate surface area is 266 Å². The van der Waals surface area contributed by atoms with Crippen molar-refractivity contribution in [2.75, 3.05) is 32.4 Å². The highest BCUT2D eigenvalue weighted by Crippen LogP contribution is 2.67. The Morgan fingerprint density at radius 2 is 1.45 bits per heavy atom. The lowest BCUT2D eigenvalue weighted by atomic mass is 9.74. The van der Waals surface area contributed by atoms with Crippen molar-refractivity contribution in [1.29, 1.82) is 0 Å². The van der Waals surface area contributed by atoms with E-state index >= 15 is 0 Å². The molecule has 11 heteroatoms. The van der Waals surface area contributed by atoms with Gasteiger partial charge in [-0.1, -0.05) is 52.9 Å². The molecule has 3 unspecified atom stereocenters. The van der Waals surface area contributed by atoms with Crippen LogP contribution in [0.4, 0.5) is 9.59 Å². The van der Waals surface area contributed by atoms with E-state index in [2.05, 4.69) is 4.90 Å². The highest BCUT2D eigenvalue weighted by atomic mass is 31.2. The first-order chi connectivity index (χ1) is 20.2. The summed E-state index contributed by atoms with van der Waals surface area (Å²) in [5.74, 6) is -0.469. The molecule has 2 amide bonds. The summed E-state index contributed by atoms with van der Waals surface area (Å²) in [6.07, 6.45) is 6.44. The van der Waals surface area contributed by atoms with Crippen molar-refractivity contribution in [3.63, 3.8) is 0 Å². The molecule has 1 heterocycles. The van der Waals surface area contributed by atoms with Gasteiger partial charge >= 0.3 is 18.2 Å². The molecule has 1 saturated carbocycles. The normalized spacial score (nSPS) is 25.8. The number of unbranched alkanes of at least 4 members (excludes halogenated alkanes) is 1. The molecule has 0 aromatic rings. The zero-order valence-electron chi connectivity index (χ0n) is 29.2. The number of aliphatic carboxylic acids is 1. The van der Waals surface area contributed by atoms with E-state index in [-0.39, 0.29) is 25.7 Å². The topological polar surface area (TPSA) is 123 Å². The molecular weight excluding hydrogens is 583 g/mol. The average molecular weight is 645 g/mol. The third kappa shape index (κ3) is 10.2. The van der Waals surface area contributed by atoms with Crippen molar-refractivity contribution in [3.05, 3.63) is 0 Å². The van der Waals surface area contributed by atoms with Crippen molar-refractivity contribution >= 4 is 25.5 Å². The van der Waals surface area contributed by atoms with Crippen molar-refractivity contribution in [1.82, 2.24) is 9.80 Å². The molecule has 2 fully saturated rings. The maximum Gasteiger partial charge on any atom is 0.419 e. The minimum atomic E-state index is -3.65. The van der Waals surface area contributed by atoms with Crippen LogP contribution in [0.1, 0.15) is 127 Å². The second kappa shape index (κ2) is 15.3. The molecule has 0 spiro atoms. The number of carbonyl (C=O) groups excluding carboxylic acids is 2. The summed E-state index contributed by atoms with van der Waals surface area (Å²) >= 11 is 0. The first-order valence-electron chi connectivity index (χ1n) is 16.6. The third-order valence-corrected chi connectivity index (χ3v) is 11.9. The Hall–Kier alpha value is -1.64. The summed E-state index contributed by atoms with van der Waals surface area (Å²) in [4.78, 5) is 42.7. The predicted octanol–water partition coefficient (Wildman–Crippen LogP) is 8.17. The molecular formula is C33H61N2O8P. The standard InChI is InChI=1S/C33H61N2O8P/c1-11-41-44(40)24-23-34(22-19-25-17-13-12-14-18-25)26(30(2,3)4)33(44,27(36)37)20-15-16-21-35(28(38)42-31(5,6)7)29(39)43-32(8,9)10/h25-26H,11-24H2,1-10H3,(H,36,37). The lowest BCUT2D eigenvalue weighted by Crippen LogP contribution is -2.66. The van der Waals surface area contributed by atoms with Gasteiger partial charge in [-0.3, -0.25) is 14.3 Å². The number of carboxylic acid groups (broad SMARTS) is 1. The fourth-order valence-electron chi connectivity index (χ4n) is 7.03. The fraction of sp³-hybridized carbons (Fsp3) is 0.909. The lowest BCUT2D eigenvalue weighted by molar-refractivity contribution is -0.146. The summed E-state index contributed by atoms with van der Waals surface area (Å²) in [6, 6.07) is -0.518. The van der Waals surface area contributed by atoms with Crippen LogP contribution in [0.25, 0.3) is 0 Å². The zero-order chi connectivity index (χ0) is 33.6. The van der Waals surface area contributed by atoms with E-state index in [9.17, 15) is 24.1 Å². The first kappa shape index (κ1) is 38.5. The average Bonchev–Trinajstić information content (AvgIpc) is 2.86. The van der Waals surface area contributed by atoms with Gasteiger partial charge in [-0.25, -0.2) is 14.5 Å². The Morgan fingerprint density at radius 3 is 1.91 bits per heavy atom. The SMILES string of the molecule is CCOP1(=O)CCN(CCC2CCCCC2)C(C(C)(C)C)C1(CCCCN(C(=O)OC(C)(C)C)C(=O)OC(C)(C)C)C(=O)O. The van der Waals surface area contributed by atoms with Crippen LogP contribution in [0.2, 0.25) is 0 Å². The number of amides is 2. The molecule has 1 saturated heterocycles. The van der Waals surface area contributed by atoms with Crippen LogP contribution in [-0.4, -0.2) is 87.9 Å². The molecule has 0 aromatic heterocycles. The second-order valence-electron chi connectivity index (χ2n) is 15.7. The van der Waals surface area contributed by atoms with Crippen LogP contribution >= 0.6 is 7.37 Å². The van der Waals surface area contributed by atoms with E-state index < -0.39 is 53.3 Å². The molecule has 1 aliphatic carbocycles. The molecule has 0 radical (unpaired) electrons. The van der Waals surface area contributed by atoms with Crippen LogP contribution in [-0.2, 0) is 23.4 Å². The van der Waals surface area contributed by atoms with Crippen LogP contribution in [0.3, 0.4) is 0 Å². The Morgan fingerprint density at radius 1 is 0.909 bits per heavy atom. The molecule has 2 rings (SSSR count). The number of carboxylic acids is 1. The maximum atomic E-state index is 14.7. The van der Waals surface area contributed by atoms with Gasteiger partial charge in [-0.15, -0.1) is 0 Å². The van der Waals surface area contributed by atoms with Crippen LogP contribution in [0, 0.1) is 11.3 Å². The molecule has 0 aromatic carbocycles. The van der Waals surface area contributed by atoms with Gasteiger partial charge in [-0.2, -0.15) is 0 Å². The van der Waals surface area contributed by atoms with E-state index in [0.29, 0.717) is 25.3 Å². The summed E-state index contributed by atoms with van der Waals surface area (Å²) in [7, 11) is -3.65. The van der Waals surface area contributed by atoms with Crippen LogP contribution < -0.4 is 0 Å². The minimum absolute atomic E-state index is 0.0238. The van der Waals surface area contributed by atoms with E-state index in [1.54, 1.807) is 48.5 Å². The quantitative estimate of drug-likeness (QED) is 0.175. The summed E-state index contributed by atoms with van der Waals surface area (Å²) in [6.45, 7) is 19.6. The van der Waals surface area contributed by atoms with E-state index in [0.717, 1.165) is 17.9 Å². The predicted molar refractivity (Wildman–Crippen MR) is 173 cm³/mol. The number of rotatable bonds is 11. The highest BCUT2D eigenvalue weighted by molar-refractivity contribution is 7.62. The highest BCUT2D eigenvalue weighted by Gasteiger charge is 2.66. The minimum Gasteiger partial charge on any atom is -0.480 e. The number of imide groups is 1. The molecule has 3 atom stereocenters. The summed E-state index contributed by atoms with van der Waals surface area (Å²) in [5, 5.41) is 9.39. The molecule has 1 N–H and O–H groups in total. The van der Waals surface area contributed by atoms with Gasteiger partial charge in [-0.05, 0) is 92.0 Å². The third-order valence-electron chi connectivity index (χ3n) is 8.60. The molecule has 1 aliphatic heterocycles. The Bertz CT molecular complexity index is 994. The van der Waals surface area contributed by atoms with Crippen molar-refractivity contribution in [2.45, 2.75) is 149 Å². The van der Waals surface area contributed by atoms with Gasteiger partial charge in [0.15, 0.2) is 5.16 Å². The summed E-state index contributed by atoms with van der Waals surface area (Å²) in [5.41, 5.74) is -2.15. The number of hydrogen-bond donors (Lipinski definition) is 1. The summed E-state index contributed by atoms with van der Waals surface area (Å²) < 4.78 is 31.6. The van der Waals surface area contributed by atoms with Crippen molar-refractivity contribution in [2.24, 2.45) is 11.3 Å². The van der Waals surface area contributed by atoms with Gasteiger partial charge in [0, 0.05) is 25.3 Å². The Kier molecular flexibility index (Phi) is 13.4. The smallest absolute Gasteiger partial charge is 0.419 e. The van der Waals surface area contributed by atoms with Crippen LogP contribution in [0.5, 0.6) is 0 Å². The molecule has 256 valence electrons. The lowest BCUT2D eigenvalue weighted by Gasteiger charge is -2.56. The maximum absolute atomic E-state index is 14.7. The fourth-order valence-corrected chi connectivity index (χ4v) is 10.4. The van der Waals surface area contributed by atoms with Gasteiger partial charge in [0.2, 0.25) is 7.37 Å². The van der Waals surface area contributed by atoms with E-state index in [4.69, 9.17) is 14.0 Å². The van der Waals surface area contributed by atoms with Crippen LogP contribution in [0.15, 0.2) is 0 Å². The monoisotopic (exact) mass is 644 g/mol. The largest absolute Gasteiger partial charge is 0.480 e. The Balaban J connectivity index is 2.38. The van der Waals surface area contributed by atoms with Crippen molar-refractivity contribution in [3.8, 4) is 0 Å². The van der Waals surface area contributed by atoms with Crippen molar-refractivity contribution < 1.29 is 38.1 Å². The van der Waals surface area contributed by atoms with Gasteiger partial charge < -0.3 is 19.1 Å². The molecule has 0 bridgehead atoms. The molecule has 44 heavy (non-hydrogen) atoms. The number of ether oxygens (including phenoxy) is 2. The van der Waals surface area contributed by atoms with Gasteiger partial charge in [0.1, 0.15) is 11.2 Å². The van der Waals surface area contributed by atoms with E-state index in [1.165, 1.54) is 32.1 Å².